The maximum absolute atomic E-state index is 11.1. The molecular weight excluding hydrogens is 208 g/mol. The lowest BCUT2D eigenvalue weighted by Gasteiger charge is -2.05. The first-order chi connectivity index (χ1) is 7.65. The molecule has 0 aliphatic carbocycles. The smallest absolute Gasteiger partial charge is 0.377 e. The normalized spacial score (nSPS) is 9.81. The van der Waals surface area contributed by atoms with Crippen LogP contribution in [0.1, 0.15) is 30.1 Å². The molecule has 1 aromatic rings. The van der Waals surface area contributed by atoms with E-state index in [1.165, 1.54) is 12.1 Å². The van der Waals surface area contributed by atoms with Crippen LogP contribution in [0.5, 0.6) is 5.75 Å². The van der Waals surface area contributed by atoms with Crippen LogP contribution in [0.2, 0.25) is 0 Å². The molecule has 0 atom stereocenters. The van der Waals surface area contributed by atoms with Crippen LogP contribution in [0.15, 0.2) is 24.3 Å². The van der Waals surface area contributed by atoms with Crippen molar-refractivity contribution in [3.63, 3.8) is 0 Å². The zero-order valence-electron chi connectivity index (χ0n) is 9.10. The molecule has 4 heteroatoms. The number of carbonyl (C=O) groups is 2. The van der Waals surface area contributed by atoms with Crippen molar-refractivity contribution in [1.82, 2.24) is 0 Å². The summed E-state index contributed by atoms with van der Waals surface area (Å²) in [6, 6.07) is 6.12. The van der Waals surface area contributed by atoms with Gasteiger partial charge in [0.2, 0.25) is 0 Å². The fraction of sp³-hybridized carbons (Fsp3) is 0.333. The Morgan fingerprint density at radius 3 is 2.38 bits per heavy atom. The molecule has 86 valence electrons. The Bertz CT molecular complexity index is 367. The molecule has 4 nitrogen and oxygen atoms in total. The van der Waals surface area contributed by atoms with Gasteiger partial charge in [-0.05, 0) is 30.7 Å². The summed E-state index contributed by atoms with van der Waals surface area (Å²) in [5.41, 5.74) is 0.162. The third-order valence-electron chi connectivity index (χ3n) is 2.08. The van der Waals surface area contributed by atoms with Gasteiger partial charge < -0.3 is 9.84 Å². The van der Waals surface area contributed by atoms with Gasteiger partial charge in [0.15, 0.2) is 0 Å². The van der Waals surface area contributed by atoms with Crippen LogP contribution in [0.4, 0.5) is 0 Å². The van der Waals surface area contributed by atoms with Gasteiger partial charge in [0.1, 0.15) is 5.75 Å². The van der Waals surface area contributed by atoms with E-state index in [0.29, 0.717) is 12.4 Å². The maximum atomic E-state index is 11.1. The number of ether oxygens (including phenoxy) is 1. The molecule has 0 saturated heterocycles. The Morgan fingerprint density at radius 2 is 1.88 bits per heavy atom. The molecule has 0 aliphatic rings. The van der Waals surface area contributed by atoms with Crippen LogP contribution < -0.4 is 4.74 Å². The Morgan fingerprint density at radius 1 is 1.25 bits per heavy atom. The number of ketones is 1. The summed E-state index contributed by atoms with van der Waals surface area (Å²) in [7, 11) is 0. The molecule has 0 bridgehead atoms. The summed E-state index contributed by atoms with van der Waals surface area (Å²) in [5, 5.41) is 8.50. The first-order valence-electron chi connectivity index (χ1n) is 5.15. The topological polar surface area (TPSA) is 63.6 Å². The second-order valence-corrected chi connectivity index (χ2v) is 3.36. The van der Waals surface area contributed by atoms with Crippen LogP contribution in [-0.4, -0.2) is 23.5 Å². The fourth-order valence-electron chi connectivity index (χ4n) is 1.16. The fourth-order valence-corrected chi connectivity index (χ4v) is 1.16. The first kappa shape index (κ1) is 12.2. The van der Waals surface area contributed by atoms with Crippen molar-refractivity contribution in [2.24, 2.45) is 0 Å². The van der Waals surface area contributed by atoms with Gasteiger partial charge in [0.25, 0.3) is 5.78 Å². The molecule has 16 heavy (non-hydrogen) atoms. The van der Waals surface area contributed by atoms with E-state index in [2.05, 4.69) is 6.92 Å². The average molecular weight is 222 g/mol. The molecule has 0 spiro atoms. The number of carboxylic acids is 1. The molecule has 1 rings (SSSR count). The number of hydrogen-bond acceptors (Lipinski definition) is 3. The van der Waals surface area contributed by atoms with Gasteiger partial charge in [-0.3, -0.25) is 4.79 Å². The highest BCUT2D eigenvalue weighted by molar-refractivity contribution is 6.39. The summed E-state index contributed by atoms with van der Waals surface area (Å²) in [5.74, 6) is -1.70. The van der Waals surface area contributed by atoms with Gasteiger partial charge in [-0.2, -0.15) is 0 Å². The molecule has 0 amide bonds. The van der Waals surface area contributed by atoms with E-state index in [1.54, 1.807) is 12.1 Å². The van der Waals surface area contributed by atoms with Crippen molar-refractivity contribution in [1.29, 1.82) is 0 Å². The third kappa shape index (κ3) is 3.38. The Labute approximate surface area is 93.9 Å². The van der Waals surface area contributed by atoms with Crippen LogP contribution >= 0.6 is 0 Å². The van der Waals surface area contributed by atoms with Crippen molar-refractivity contribution in [2.75, 3.05) is 6.61 Å². The quantitative estimate of drug-likeness (QED) is 0.455. The second-order valence-electron chi connectivity index (χ2n) is 3.36. The summed E-state index contributed by atoms with van der Waals surface area (Å²) in [4.78, 5) is 21.5. The lowest BCUT2D eigenvalue weighted by Crippen LogP contribution is -2.12. The highest BCUT2D eigenvalue weighted by Gasteiger charge is 2.13. The third-order valence-corrected chi connectivity index (χ3v) is 2.08. The number of benzene rings is 1. The van der Waals surface area contributed by atoms with E-state index >= 15 is 0 Å². The SMILES string of the molecule is CCCCOc1ccc(C(=O)C(=O)O)cc1. The van der Waals surface area contributed by atoms with Gasteiger partial charge in [0, 0.05) is 5.56 Å². The van der Waals surface area contributed by atoms with Crippen molar-refractivity contribution >= 4 is 11.8 Å². The van der Waals surface area contributed by atoms with Crippen LogP contribution in [0, 0.1) is 0 Å². The van der Waals surface area contributed by atoms with Crippen molar-refractivity contribution in [3.8, 4) is 5.75 Å². The minimum atomic E-state index is -1.44. The highest BCUT2D eigenvalue weighted by Crippen LogP contribution is 2.13. The summed E-state index contributed by atoms with van der Waals surface area (Å²) in [6.07, 6.45) is 2.02. The largest absolute Gasteiger partial charge is 0.494 e. The Kier molecular flexibility index (Phi) is 4.51. The van der Waals surface area contributed by atoms with Crippen molar-refractivity contribution in [2.45, 2.75) is 19.8 Å². The van der Waals surface area contributed by atoms with Gasteiger partial charge in [-0.1, -0.05) is 13.3 Å². The molecule has 0 saturated carbocycles. The summed E-state index contributed by atoms with van der Waals surface area (Å²) < 4.78 is 5.38. The predicted octanol–water partition coefficient (Wildman–Crippen LogP) is 2.13. The zero-order chi connectivity index (χ0) is 12.0. The van der Waals surface area contributed by atoms with Gasteiger partial charge in [0.05, 0.1) is 6.61 Å². The van der Waals surface area contributed by atoms with E-state index in [9.17, 15) is 9.59 Å². The van der Waals surface area contributed by atoms with E-state index in [0.717, 1.165) is 12.8 Å². The lowest BCUT2D eigenvalue weighted by atomic mass is 10.1. The Hall–Kier alpha value is -1.84. The molecule has 0 aromatic heterocycles. The van der Waals surface area contributed by atoms with E-state index in [-0.39, 0.29) is 5.56 Å². The van der Waals surface area contributed by atoms with Gasteiger partial charge in [-0.15, -0.1) is 0 Å². The summed E-state index contributed by atoms with van der Waals surface area (Å²) >= 11 is 0. The average Bonchev–Trinajstić information content (AvgIpc) is 2.29. The number of carbonyl (C=O) groups excluding carboxylic acids is 1. The highest BCUT2D eigenvalue weighted by atomic mass is 16.5. The lowest BCUT2D eigenvalue weighted by molar-refractivity contribution is -0.131. The zero-order valence-corrected chi connectivity index (χ0v) is 9.10. The van der Waals surface area contributed by atoms with E-state index in [1.807, 2.05) is 0 Å². The molecule has 0 heterocycles. The molecule has 1 N–H and O–H groups in total. The Balaban J connectivity index is 2.61. The van der Waals surface area contributed by atoms with Gasteiger partial charge >= 0.3 is 5.97 Å². The van der Waals surface area contributed by atoms with Crippen LogP contribution in [0.25, 0.3) is 0 Å². The number of Topliss-reactive ketones (excluding diaryl/α,β-unsaturated/α-hetero) is 1. The van der Waals surface area contributed by atoms with Crippen molar-refractivity contribution < 1.29 is 19.4 Å². The number of hydrogen-bond donors (Lipinski definition) is 1. The molecule has 0 aliphatic heterocycles. The molecule has 0 radical (unpaired) electrons. The minimum absolute atomic E-state index is 0.162. The molecular formula is C12H14O4. The number of unbranched alkanes of at least 4 members (excludes halogenated alkanes) is 1. The number of carboxylic acid groups (broad SMARTS) is 1. The minimum Gasteiger partial charge on any atom is -0.494 e. The molecule has 0 fully saturated rings. The van der Waals surface area contributed by atoms with Gasteiger partial charge in [-0.25, -0.2) is 4.79 Å². The first-order valence-corrected chi connectivity index (χ1v) is 5.15. The maximum Gasteiger partial charge on any atom is 0.377 e. The van der Waals surface area contributed by atoms with E-state index < -0.39 is 11.8 Å². The predicted molar refractivity (Wildman–Crippen MR) is 58.8 cm³/mol. The molecule has 1 aromatic carbocycles. The van der Waals surface area contributed by atoms with Crippen LogP contribution in [0.3, 0.4) is 0 Å². The number of aliphatic carboxylic acids is 1. The second kappa shape index (κ2) is 5.90. The van der Waals surface area contributed by atoms with E-state index in [4.69, 9.17) is 9.84 Å². The summed E-state index contributed by atoms with van der Waals surface area (Å²) in [6.45, 7) is 2.70. The molecule has 0 unspecified atom stereocenters. The number of rotatable bonds is 6. The van der Waals surface area contributed by atoms with Crippen LogP contribution in [-0.2, 0) is 4.79 Å². The monoisotopic (exact) mass is 222 g/mol. The van der Waals surface area contributed by atoms with Crippen molar-refractivity contribution in [3.05, 3.63) is 29.8 Å². The standard InChI is InChI=1S/C12H14O4/c1-2-3-8-16-10-6-4-9(5-7-10)11(13)12(14)15/h4-7H,2-3,8H2,1H3,(H,14,15).